The third-order valence-corrected chi connectivity index (χ3v) is 3.74. The lowest BCUT2D eigenvalue weighted by Crippen LogP contribution is -2.16. The van der Waals surface area contributed by atoms with Gasteiger partial charge in [-0.1, -0.05) is 24.6 Å². The average Bonchev–Trinajstić information content (AvgIpc) is 2.17. The third kappa shape index (κ3) is 5.61. The van der Waals surface area contributed by atoms with E-state index in [1.165, 1.54) is 0 Å². The molecule has 1 rings (SSSR count). The van der Waals surface area contributed by atoms with Crippen molar-refractivity contribution in [2.24, 2.45) is 5.92 Å². The first kappa shape index (κ1) is 14.6. The zero-order chi connectivity index (χ0) is 13.1. The maximum atomic E-state index is 10.9. The molecule has 6 heteroatoms. The Balaban J connectivity index is 2.58. The summed E-state index contributed by atoms with van der Waals surface area (Å²) in [7, 11) is 1.68. The first-order valence-corrected chi connectivity index (χ1v) is 7.95. The molecular weight excluding hydrogens is 283 g/mol. The molecule has 3 nitrogen and oxygen atoms in total. The third-order valence-electron chi connectivity index (χ3n) is 2.16. The Labute approximate surface area is 111 Å². The summed E-state index contributed by atoms with van der Waals surface area (Å²) in [4.78, 5) is 0. The molecule has 1 aromatic carbocycles. The Morgan fingerprint density at radius 3 is 2.65 bits per heavy atom. The summed E-state index contributed by atoms with van der Waals surface area (Å²) < 4.78 is 27.2. The number of hydrogen-bond donors (Lipinski definition) is 0. The van der Waals surface area contributed by atoms with Crippen LogP contribution in [-0.4, -0.2) is 20.8 Å². The minimum absolute atomic E-state index is 0.103. The largest absolute Gasteiger partial charge is 0.493 e. The molecule has 1 unspecified atom stereocenters. The van der Waals surface area contributed by atoms with E-state index in [0.29, 0.717) is 10.8 Å². The highest BCUT2D eigenvalue weighted by molar-refractivity contribution is 8.13. The van der Waals surface area contributed by atoms with E-state index in [0.717, 1.165) is 5.56 Å². The van der Waals surface area contributed by atoms with Gasteiger partial charge < -0.3 is 4.74 Å². The second kappa shape index (κ2) is 5.94. The molecule has 0 saturated carbocycles. The molecule has 96 valence electrons. The van der Waals surface area contributed by atoms with Crippen molar-refractivity contribution in [1.29, 1.82) is 0 Å². The van der Waals surface area contributed by atoms with Crippen molar-refractivity contribution >= 4 is 31.3 Å². The van der Waals surface area contributed by atoms with E-state index < -0.39 is 9.05 Å². The van der Waals surface area contributed by atoms with Gasteiger partial charge in [-0.05, 0) is 24.6 Å². The molecule has 0 aliphatic rings. The molecule has 0 fully saturated rings. The number of halogens is 2. The molecule has 1 atom stereocenters. The van der Waals surface area contributed by atoms with E-state index in [2.05, 4.69) is 0 Å². The predicted octanol–water partition coefficient (Wildman–Crippen LogP) is 3.23. The van der Waals surface area contributed by atoms with Crippen molar-refractivity contribution < 1.29 is 13.2 Å². The van der Waals surface area contributed by atoms with Crippen molar-refractivity contribution in [1.82, 2.24) is 0 Å². The van der Waals surface area contributed by atoms with Crippen LogP contribution in [0.1, 0.15) is 12.5 Å². The van der Waals surface area contributed by atoms with Gasteiger partial charge in [0.25, 0.3) is 0 Å². The number of benzene rings is 1. The van der Waals surface area contributed by atoms with Crippen LogP contribution in [0, 0.1) is 12.8 Å². The summed E-state index contributed by atoms with van der Waals surface area (Å²) in [6.07, 6.45) is 0. The minimum Gasteiger partial charge on any atom is -0.493 e. The van der Waals surface area contributed by atoms with Crippen LogP contribution in [0.2, 0.25) is 5.02 Å². The van der Waals surface area contributed by atoms with E-state index in [-0.39, 0.29) is 18.3 Å². The van der Waals surface area contributed by atoms with Gasteiger partial charge in [0.05, 0.1) is 12.4 Å². The van der Waals surface area contributed by atoms with E-state index >= 15 is 0 Å². The summed E-state index contributed by atoms with van der Waals surface area (Å²) in [6, 6.07) is 5.33. The first-order chi connectivity index (χ1) is 7.78. The Bertz CT molecular complexity index is 485. The van der Waals surface area contributed by atoms with Gasteiger partial charge in [-0.15, -0.1) is 0 Å². The van der Waals surface area contributed by atoms with Crippen LogP contribution in [0.5, 0.6) is 5.75 Å². The molecule has 17 heavy (non-hydrogen) atoms. The van der Waals surface area contributed by atoms with Crippen LogP contribution in [-0.2, 0) is 9.05 Å². The van der Waals surface area contributed by atoms with Crippen LogP contribution in [0.4, 0.5) is 0 Å². The molecule has 0 heterocycles. The summed E-state index contributed by atoms with van der Waals surface area (Å²) in [5, 5.41) is 0.586. The fraction of sp³-hybridized carbons (Fsp3) is 0.455. The monoisotopic (exact) mass is 296 g/mol. The van der Waals surface area contributed by atoms with Gasteiger partial charge in [0.1, 0.15) is 5.75 Å². The maximum Gasteiger partial charge on any atom is 0.232 e. The second-order valence-electron chi connectivity index (χ2n) is 4.03. The molecule has 0 N–H and O–H groups in total. The molecule has 0 aromatic heterocycles. The van der Waals surface area contributed by atoms with Gasteiger partial charge in [0.2, 0.25) is 9.05 Å². The second-order valence-corrected chi connectivity index (χ2v) is 7.29. The normalized spacial score (nSPS) is 13.4. The van der Waals surface area contributed by atoms with E-state index in [4.69, 9.17) is 27.0 Å². The Morgan fingerprint density at radius 2 is 2.06 bits per heavy atom. The van der Waals surface area contributed by atoms with E-state index in [1.807, 2.05) is 13.0 Å². The molecule has 0 aliphatic heterocycles. The highest BCUT2D eigenvalue weighted by Gasteiger charge is 2.13. The zero-order valence-electron chi connectivity index (χ0n) is 9.61. The SMILES string of the molecule is Cc1ccc(Cl)cc1OCC(C)CS(=O)(=O)Cl. The molecule has 0 aliphatic carbocycles. The van der Waals surface area contributed by atoms with Crippen molar-refractivity contribution in [3.05, 3.63) is 28.8 Å². The zero-order valence-corrected chi connectivity index (χ0v) is 11.9. The molecule has 0 bridgehead atoms. The lowest BCUT2D eigenvalue weighted by Gasteiger charge is -2.13. The van der Waals surface area contributed by atoms with Gasteiger partial charge >= 0.3 is 0 Å². The van der Waals surface area contributed by atoms with Crippen molar-refractivity contribution in [2.45, 2.75) is 13.8 Å². The van der Waals surface area contributed by atoms with Crippen LogP contribution < -0.4 is 4.74 Å². The van der Waals surface area contributed by atoms with Gasteiger partial charge in [0.15, 0.2) is 0 Å². The molecular formula is C11H14Cl2O3S. The van der Waals surface area contributed by atoms with Gasteiger partial charge in [-0.2, -0.15) is 0 Å². The Kier molecular flexibility index (Phi) is 5.10. The highest BCUT2D eigenvalue weighted by Crippen LogP contribution is 2.23. The Morgan fingerprint density at radius 1 is 1.41 bits per heavy atom. The topological polar surface area (TPSA) is 43.4 Å². The fourth-order valence-corrected chi connectivity index (χ4v) is 2.93. The molecule has 0 spiro atoms. The molecule has 0 radical (unpaired) electrons. The van der Waals surface area contributed by atoms with Crippen molar-refractivity contribution in [2.75, 3.05) is 12.4 Å². The standard InChI is InChI=1S/C11H14Cl2O3S/c1-8(7-17(13,14)15)6-16-11-5-10(12)4-3-9(11)2/h3-5,8H,6-7H2,1-2H3. The number of aryl methyl sites for hydroxylation is 1. The summed E-state index contributed by atoms with van der Waals surface area (Å²) in [5.41, 5.74) is 0.954. The van der Waals surface area contributed by atoms with Crippen molar-refractivity contribution in [3.63, 3.8) is 0 Å². The average molecular weight is 297 g/mol. The lowest BCUT2D eigenvalue weighted by atomic mass is 10.2. The van der Waals surface area contributed by atoms with Gasteiger partial charge in [-0.25, -0.2) is 8.42 Å². The van der Waals surface area contributed by atoms with Crippen LogP contribution in [0.3, 0.4) is 0 Å². The molecule has 1 aromatic rings. The van der Waals surface area contributed by atoms with E-state index in [1.54, 1.807) is 19.1 Å². The van der Waals surface area contributed by atoms with Gasteiger partial charge in [-0.3, -0.25) is 0 Å². The maximum absolute atomic E-state index is 10.9. The molecule has 0 amide bonds. The minimum atomic E-state index is -3.48. The summed E-state index contributed by atoms with van der Waals surface area (Å²) in [6.45, 7) is 3.95. The number of hydrogen-bond acceptors (Lipinski definition) is 3. The summed E-state index contributed by atoms with van der Waals surface area (Å²) >= 11 is 5.84. The fourth-order valence-electron chi connectivity index (χ4n) is 1.35. The Hall–Kier alpha value is -0.450. The van der Waals surface area contributed by atoms with Crippen LogP contribution >= 0.6 is 22.3 Å². The summed E-state index contributed by atoms with van der Waals surface area (Å²) in [5.74, 6) is 0.390. The first-order valence-electron chi connectivity index (χ1n) is 5.09. The van der Waals surface area contributed by atoms with Crippen LogP contribution in [0.25, 0.3) is 0 Å². The van der Waals surface area contributed by atoms with Crippen LogP contribution in [0.15, 0.2) is 18.2 Å². The predicted molar refractivity (Wildman–Crippen MR) is 70.5 cm³/mol. The molecule has 0 saturated heterocycles. The van der Waals surface area contributed by atoms with Gasteiger partial charge in [0, 0.05) is 21.6 Å². The quantitative estimate of drug-likeness (QED) is 0.784. The lowest BCUT2D eigenvalue weighted by molar-refractivity contribution is 0.270. The highest BCUT2D eigenvalue weighted by atomic mass is 35.7. The number of rotatable bonds is 5. The van der Waals surface area contributed by atoms with Crippen molar-refractivity contribution in [3.8, 4) is 5.75 Å². The van der Waals surface area contributed by atoms with E-state index in [9.17, 15) is 8.42 Å². The number of ether oxygens (including phenoxy) is 1. The smallest absolute Gasteiger partial charge is 0.232 e.